The number of sulfone groups is 1. The summed E-state index contributed by atoms with van der Waals surface area (Å²) in [5, 5.41) is 0. The SMILES string of the molecule is CCCS(=O)(=O)c1cc(COc2cccc([C@@H](CC(=O)OCC)CC3CC3)c2)ccc1-c1cc(OC)ccc1F. The molecule has 214 valence electrons. The van der Waals surface area contributed by atoms with E-state index in [4.69, 9.17) is 14.2 Å². The molecule has 1 aliphatic carbocycles. The highest BCUT2D eigenvalue weighted by Crippen LogP contribution is 2.41. The van der Waals surface area contributed by atoms with E-state index in [0.29, 0.717) is 42.4 Å². The molecule has 4 rings (SSSR count). The van der Waals surface area contributed by atoms with Crippen LogP contribution in [0.25, 0.3) is 11.1 Å². The number of benzene rings is 3. The highest BCUT2D eigenvalue weighted by Gasteiger charge is 2.28. The zero-order valence-electron chi connectivity index (χ0n) is 23.3. The first-order chi connectivity index (χ1) is 19.2. The van der Waals surface area contributed by atoms with Gasteiger partial charge in [-0.25, -0.2) is 12.8 Å². The summed E-state index contributed by atoms with van der Waals surface area (Å²) in [7, 11) is -2.20. The maximum absolute atomic E-state index is 14.8. The number of carbonyl (C=O) groups is 1. The summed E-state index contributed by atoms with van der Waals surface area (Å²) in [6.45, 7) is 4.09. The Labute approximate surface area is 236 Å². The second kappa shape index (κ2) is 13.3. The smallest absolute Gasteiger partial charge is 0.306 e. The molecule has 0 radical (unpaired) electrons. The van der Waals surface area contributed by atoms with E-state index < -0.39 is 15.7 Å². The summed E-state index contributed by atoms with van der Waals surface area (Å²) in [5.41, 5.74) is 2.12. The van der Waals surface area contributed by atoms with Crippen LogP contribution in [0.4, 0.5) is 4.39 Å². The van der Waals surface area contributed by atoms with E-state index in [1.165, 1.54) is 38.2 Å². The Morgan fingerprint density at radius 2 is 1.80 bits per heavy atom. The van der Waals surface area contributed by atoms with Gasteiger partial charge in [0.1, 0.15) is 23.9 Å². The van der Waals surface area contributed by atoms with Gasteiger partial charge in [-0.15, -0.1) is 0 Å². The van der Waals surface area contributed by atoms with Crippen molar-refractivity contribution in [3.63, 3.8) is 0 Å². The third-order valence-electron chi connectivity index (χ3n) is 7.09. The molecular weight excluding hydrogens is 531 g/mol. The molecule has 0 saturated heterocycles. The Morgan fingerprint density at radius 3 is 2.50 bits per heavy atom. The lowest BCUT2D eigenvalue weighted by Gasteiger charge is -2.18. The van der Waals surface area contributed by atoms with Crippen LogP contribution < -0.4 is 9.47 Å². The molecule has 6 nitrogen and oxygen atoms in total. The molecule has 0 N–H and O–H groups in total. The average molecular weight is 569 g/mol. The normalized spacial score (nSPS) is 14.0. The van der Waals surface area contributed by atoms with Gasteiger partial charge in [0.2, 0.25) is 0 Å². The summed E-state index contributed by atoms with van der Waals surface area (Å²) in [4.78, 5) is 12.3. The zero-order valence-corrected chi connectivity index (χ0v) is 24.1. The molecule has 0 amide bonds. The lowest BCUT2D eigenvalue weighted by atomic mass is 9.90. The van der Waals surface area contributed by atoms with Crippen molar-refractivity contribution in [3.8, 4) is 22.6 Å². The van der Waals surface area contributed by atoms with Gasteiger partial charge >= 0.3 is 5.97 Å². The molecule has 1 fully saturated rings. The van der Waals surface area contributed by atoms with Crippen molar-refractivity contribution < 1.29 is 31.8 Å². The summed E-state index contributed by atoms with van der Waals surface area (Å²) >= 11 is 0. The van der Waals surface area contributed by atoms with Crippen LogP contribution in [0.3, 0.4) is 0 Å². The van der Waals surface area contributed by atoms with Crippen LogP contribution in [0.2, 0.25) is 0 Å². The van der Waals surface area contributed by atoms with E-state index in [1.807, 2.05) is 24.3 Å². The first-order valence-corrected chi connectivity index (χ1v) is 15.5. The van der Waals surface area contributed by atoms with Gasteiger partial charge in [-0.1, -0.05) is 44.0 Å². The molecule has 1 atom stereocenters. The summed E-state index contributed by atoms with van der Waals surface area (Å²) in [6.07, 6.45) is 4.07. The minimum atomic E-state index is -3.68. The van der Waals surface area contributed by atoms with Gasteiger partial charge in [0.05, 0.1) is 30.8 Å². The number of rotatable bonds is 14. The second-order valence-corrected chi connectivity index (χ2v) is 12.3. The van der Waals surface area contributed by atoms with Crippen molar-refractivity contribution in [3.05, 3.63) is 77.6 Å². The number of methoxy groups -OCH3 is 1. The molecule has 8 heteroatoms. The van der Waals surface area contributed by atoms with Crippen molar-refractivity contribution in [1.82, 2.24) is 0 Å². The Balaban J connectivity index is 1.59. The first kappa shape index (κ1) is 29.6. The van der Waals surface area contributed by atoms with Gasteiger partial charge in [-0.3, -0.25) is 4.79 Å². The van der Waals surface area contributed by atoms with E-state index >= 15 is 0 Å². The predicted molar refractivity (Wildman–Crippen MR) is 153 cm³/mol. The number of hydrogen-bond acceptors (Lipinski definition) is 6. The number of halogens is 1. The van der Waals surface area contributed by atoms with Crippen LogP contribution in [-0.4, -0.2) is 33.9 Å². The van der Waals surface area contributed by atoms with E-state index in [-0.39, 0.29) is 40.3 Å². The monoisotopic (exact) mass is 568 g/mol. The van der Waals surface area contributed by atoms with Crippen LogP contribution >= 0.6 is 0 Å². The van der Waals surface area contributed by atoms with E-state index in [2.05, 4.69) is 0 Å². The predicted octanol–water partition coefficient (Wildman–Crippen LogP) is 7.10. The molecule has 40 heavy (non-hydrogen) atoms. The van der Waals surface area contributed by atoms with Gasteiger partial charge in [0, 0.05) is 11.1 Å². The number of ether oxygens (including phenoxy) is 3. The third-order valence-corrected chi connectivity index (χ3v) is 9.04. The van der Waals surface area contributed by atoms with Crippen LogP contribution in [-0.2, 0) is 26.0 Å². The van der Waals surface area contributed by atoms with Gasteiger partial charge in [0.25, 0.3) is 0 Å². The average Bonchev–Trinajstić information content (AvgIpc) is 3.76. The van der Waals surface area contributed by atoms with Gasteiger partial charge in [-0.05, 0) is 79.1 Å². The lowest BCUT2D eigenvalue weighted by molar-refractivity contribution is -0.143. The molecule has 1 saturated carbocycles. The van der Waals surface area contributed by atoms with Crippen LogP contribution in [0.15, 0.2) is 65.6 Å². The fourth-order valence-corrected chi connectivity index (χ4v) is 6.49. The largest absolute Gasteiger partial charge is 0.497 e. The molecule has 3 aromatic rings. The zero-order chi connectivity index (χ0) is 28.7. The van der Waals surface area contributed by atoms with E-state index in [9.17, 15) is 17.6 Å². The molecule has 0 aromatic heterocycles. The van der Waals surface area contributed by atoms with Crippen LogP contribution in [0.5, 0.6) is 11.5 Å². The minimum absolute atomic E-state index is 0.0536. The van der Waals surface area contributed by atoms with Crippen molar-refractivity contribution >= 4 is 15.8 Å². The van der Waals surface area contributed by atoms with Gasteiger partial charge < -0.3 is 14.2 Å². The molecular formula is C32H37FO6S. The second-order valence-electron chi connectivity index (χ2n) is 10.2. The quantitative estimate of drug-likeness (QED) is 0.193. The fourth-order valence-electron chi connectivity index (χ4n) is 4.89. The topological polar surface area (TPSA) is 78.9 Å². The highest BCUT2D eigenvalue weighted by atomic mass is 32.2. The Bertz CT molecular complexity index is 1430. The van der Waals surface area contributed by atoms with Crippen molar-refractivity contribution in [1.29, 1.82) is 0 Å². The summed E-state index contributed by atoms with van der Waals surface area (Å²) in [6, 6.07) is 16.9. The molecule has 3 aromatic carbocycles. The fraction of sp³-hybridized carbons (Fsp3) is 0.406. The molecule has 0 spiro atoms. The number of hydrogen-bond donors (Lipinski definition) is 0. The Kier molecular flexibility index (Phi) is 9.85. The molecule has 0 aliphatic heterocycles. The standard InChI is InChI=1S/C32H37FO6S/c1-4-15-40(35,36)31-17-23(11-13-28(31)29-20-26(37-3)12-14-30(29)33)21-39-27-8-6-7-24(18-27)25(16-22-9-10-22)19-32(34)38-5-2/h6-8,11-14,17-18,20,22,25H,4-5,9-10,15-16,19,21H2,1-3H3/t25-/m1/s1. The Morgan fingerprint density at radius 1 is 1.00 bits per heavy atom. The maximum atomic E-state index is 14.8. The van der Waals surface area contributed by atoms with Gasteiger partial charge in [0.15, 0.2) is 9.84 Å². The molecule has 0 unspecified atom stereocenters. The van der Waals surface area contributed by atoms with Crippen molar-refractivity contribution in [2.45, 2.75) is 63.4 Å². The van der Waals surface area contributed by atoms with Crippen LogP contribution in [0, 0.1) is 11.7 Å². The maximum Gasteiger partial charge on any atom is 0.306 e. The Hall–Kier alpha value is -3.39. The molecule has 0 heterocycles. The van der Waals surface area contributed by atoms with Crippen molar-refractivity contribution in [2.75, 3.05) is 19.5 Å². The van der Waals surface area contributed by atoms with E-state index in [0.717, 1.165) is 12.0 Å². The summed E-state index contributed by atoms with van der Waals surface area (Å²) < 4.78 is 57.8. The van der Waals surface area contributed by atoms with Crippen LogP contribution in [0.1, 0.15) is 63.0 Å². The minimum Gasteiger partial charge on any atom is -0.497 e. The van der Waals surface area contributed by atoms with Gasteiger partial charge in [-0.2, -0.15) is 0 Å². The number of esters is 1. The molecule has 1 aliphatic rings. The lowest BCUT2D eigenvalue weighted by Crippen LogP contribution is -2.11. The van der Waals surface area contributed by atoms with Crippen molar-refractivity contribution in [2.24, 2.45) is 5.92 Å². The highest BCUT2D eigenvalue weighted by molar-refractivity contribution is 7.91. The first-order valence-electron chi connectivity index (χ1n) is 13.8. The third kappa shape index (κ3) is 7.62. The number of carbonyl (C=O) groups excluding carboxylic acids is 1. The molecule has 0 bridgehead atoms. The summed E-state index contributed by atoms with van der Waals surface area (Å²) in [5.74, 6) is 0.971. The van der Waals surface area contributed by atoms with E-state index in [1.54, 1.807) is 32.0 Å².